The number of aryl methyl sites for hydroxylation is 1. The van der Waals surface area contributed by atoms with Crippen molar-refractivity contribution in [2.75, 3.05) is 19.6 Å². The van der Waals surface area contributed by atoms with Crippen LogP contribution in [0.4, 0.5) is 0 Å². The second-order valence-corrected chi connectivity index (χ2v) is 6.36. The van der Waals surface area contributed by atoms with Crippen LogP contribution in [0.2, 0.25) is 0 Å². The van der Waals surface area contributed by atoms with Crippen LogP contribution in [0, 0.1) is 5.92 Å². The minimum absolute atomic E-state index is 0.808. The van der Waals surface area contributed by atoms with E-state index in [2.05, 4.69) is 33.0 Å². The highest BCUT2D eigenvalue weighted by molar-refractivity contribution is 5.01. The van der Waals surface area contributed by atoms with Gasteiger partial charge in [-0.3, -0.25) is 9.58 Å². The molecule has 0 spiro atoms. The molecule has 3 rings (SSSR count). The van der Waals surface area contributed by atoms with E-state index < -0.39 is 0 Å². The summed E-state index contributed by atoms with van der Waals surface area (Å²) < 4.78 is 2.17. The Bertz CT molecular complexity index is 400. The topological polar surface area (TPSA) is 33.1 Å². The highest BCUT2D eigenvalue weighted by Crippen LogP contribution is 2.26. The molecule has 0 aliphatic carbocycles. The van der Waals surface area contributed by atoms with Crippen molar-refractivity contribution in [3.8, 4) is 0 Å². The van der Waals surface area contributed by atoms with Gasteiger partial charge in [0.2, 0.25) is 0 Å². The zero-order chi connectivity index (χ0) is 13.8. The van der Waals surface area contributed by atoms with Crippen molar-refractivity contribution in [1.29, 1.82) is 0 Å². The van der Waals surface area contributed by atoms with E-state index in [1.807, 2.05) is 6.20 Å². The lowest BCUT2D eigenvalue weighted by Crippen LogP contribution is -2.40. The van der Waals surface area contributed by atoms with E-state index in [0.29, 0.717) is 0 Å². The van der Waals surface area contributed by atoms with Crippen LogP contribution in [0.1, 0.15) is 44.7 Å². The van der Waals surface area contributed by atoms with Crippen molar-refractivity contribution in [3.63, 3.8) is 0 Å². The largest absolute Gasteiger partial charge is 0.314 e. The lowest BCUT2D eigenvalue weighted by Gasteiger charge is -2.34. The zero-order valence-electron chi connectivity index (χ0n) is 12.7. The summed E-state index contributed by atoms with van der Waals surface area (Å²) in [6.45, 7) is 8.07. The van der Waals surface area contributed by atoms with Gasteiger partial charge < -0.3 is 5.32 Å². The monoisotopic (exact) mass is 276 g/mol. The molecule has 0 bridgehead atoms. The van der Waals surface area contributed by atoms with Crippen molar-refractivity contribution in [1.82, 2.24) is 20.0 Å². The van der Waals surface area contributed by atoms with Crippen molar-refractivity contribution in [2.45, 2.75) is 58.2 Å². The first-order valence-corrected chi connectivity index (χ1v) is 8.33. The molecule has 2 saturated heterocycles. The lowest BCUT2D eigenvalue weighted by atomic mass is 9.88. The SMILES string of the molecule is CCCn1nccc1CN1CCC(C2CCCN2)CC1. The molecule has 0 aromatic carbocycles. The second kappa shape index (κ2) is 6.72. The Balaban J connectivity index is 1.49. The van der Waals surface area contributed by atoms with Gasteiger partial charge in [0.1, 0.15) is 0 Å². The maximum Gasteiger partial charge on any atom is 0.0524 e. The van der Waals surface area contributed by atoms with Crippen molar-refractivity contribution in [2.24, 2.45) is 5.92 Å². The molecule has 0 amide bonds. The Kier molecular flexibility index (Phi) is 4.73. The van der Waals surface area contributed by atoms with Gasteiger partial charge in [0, 0.05) is 25.3 Å². The predicted molar refractivity (Wildman–Crippen MR) is 81.5 cm³/mol. The minimum atomic E-state index is 0.808. The molecular formula is C16H28N4. The minimum Gasteiger partial charge on any atom is -0.314 e. The summed E-state index contributed by atoms with van der Waals surface area (Å²) in [7, 11) is 0. The van der Waals surface area contributed by atoms with Crippen LogP contribution in [0.15, 0.2) is 12.3 Å². The van der Waals surface area contributed by atoms with Crippen LogP contribution in [0.25, 0.3) is 0 Å². The fourth-order valence-corrected chi connectivity index (χ4v) is 3.76. The summed E-state index contributed by atoms with van der Waals surface area (Å²) >= 11 is 0. The molecule has 2 aliphatic rings. The second-order valence-electron chi connectivity index (χ2n) is 6.36. The van der Waals surface area contributed by atoms with Gasteiger partial charge in [-0.25, -0.2) is 0 Å². The fourth-order valence-electron chi connectivity index (χ4n) is 3.76. The summed E-state index contributed by atoms with van der Waals surface area (Å²) in [4.78, 5) is 2.61. The Morgan fingerprint density at radius 2 is 2.15 bits per heavy atom. The number of aromatic nitrogens is 2. The summed E-state index contributed by atoms with van der Waals surface area (Å²) in [6, 6.07) is 2.99. The highest BCUT2D eigenvalue weighted by Gasteiger charge is 2.28. The van der Waals surface area contributed by atoms with Crippen LogP contribution in [-0.2, 0) is 13.1 Å². The van der Waals surface area contributed by atoms with Gasteiger partial charge in [-0.15, -0.1) is 0 Å². The third kappa shape index (κ3) is 3.23. The van der Waals surface area contributed by atoms with Crippen molar-refractivity contribution < 1.29 is 0 Å². The van der Waals surface area contributed by atoms with Gasteiger partial charge in [0.15, 0.2) is 0 Å². The van der Waals surface area contributed by atoms with E-state index in [1.165, 1.54) is 51.0 Å². The highest BCUT2D eigenvalue weighted by atomic mass is 15.3. The van der Waals surface area contributed by atoms with Gasteiger partial charge in [-0.05, 0) is 63.7 Å². The quantitative estimate of drug-likeness (QED) is 0.895. The molecule has 2 fully saturated rings. The van der Waals surface area contributed by atoms with Crippen LogP contribution in [-0.4, -0.2) is 40.4 Å². The summed E-state index contributed by atoms with van der Waals surface area (Å²) in [5.74, 6) is 0.911. The molecule has 1 unspecified atom stereocenters. The van der Waals surface area contributed by atoms with E-state index in [4.69, 9.17) is 0 Å². The molecule has 1 aromatic heterocycles. The lowest BCUT2D eigenvalue weighted by molar-refractivity contribution is 0.154. The number of rotatable bonds is 5. The van der Waals surface area contributed by atoms with E-state index >= 15 is 0 Å². The molecule has 2 aliphatic heterocycles. The Labute approximate surface area is 122 Å². The molecule has 3 heterocycles. The molecule has 4 heteroatoms. The van der Waals surface area contributed by atoms with Gasteiger partial charge >= 0.3 is 0 Å². The molecule has 0 saturated carbocycles. The Morgan fingerprint density at radius 3 is 2.85 bits per heavy atom. The number of nitrogens with zero attached hydrogens (tertiary/aromatic N) is 3. The molecule has 20 heavy (non-hydrogen) atoms. The van der Waals surface area contributed by atoms with E-state index in [1.54, 1.807) is 0 Å². The molecule has 1 N–H and O–H groups in total. The molecule has 0 radical (unpaired) electrons. The standard InChI is InChI=1S/C16H28N4/c1-2-10-20-15(5-9-18-20)13-19-11-6-14(7-12-19)16-4-3-8-17-16/h5,9,14,16-17H,2-4,6-8,10-13H2,1H3. The van der Waals surface area contributed by atoms with Crippen LogP contribution < -0.4 is 5.32 Å². The predicted octanol–water partition coefficient (Wildman–Crippen LogP) is 2.26. The number of likely N-dealkylation sites (tertiary alicyclic amines) is 1. The van der Waals surface area contributed by atoms with Gasteiger partial charge in [-0.1, -0.05) is 6.92 Å². The molecule has 112 valence electrons. The normalized spacial score (nSPS) is 25.4. The molecule has 1 atom stereocenters. The first kappa shape index (κ1) is 14.1. The van der Waals surface area contributed by atoms with E-state index in [-0.39, 0.29) is 0 Å². The van der Waals surface area contributed by atoms with Crippen LogP contribution >= 0.6 is 0 Å². The van der Waals surface area contributed by atoms with Crippen LogP contribution in [0.3, 0.4) is 0 Å². The number of piperidine rings is 1. The van der Waals surface area contributed by atoms with Gasteiger partial charge in [0.25, 0.3) is 0 Å². The smallest absolute Gasteiger partial charge is 0.0524 e. The first-order valence-electron chi connectivity index (χ1n) is 8.33. The zero-order valence-corrected chi connectivity index (χ0v) is 12.7. The first-order chi connectivity index (χ1) is 9.86. The van der Waals surface area contributed by atoms with Crippen molar-refractivity contribution in [3.05, 3.63) is 18.0 Å². The van der Waals surface area contributed by atoms with Gasteiger partial charge in [-0.2, -0.15) is 5.10 Å². The average molecular weight is 276 g/mol. The van der Waals surface area contributed by atoms with Crippen molar-refractivity contribution >= 4 is 0 Å². The van der Waals surface area contributed by atoms with E-state index in [9.17, 15) is 0 Å². The third-order valence-corrected chi connectivity index (χ3v) is 4.93. The number of hydrogen-bond donors (Lipinski definition) is 1. The fraction of sp³-hybridized carbons (Fsp3) is 0.812. The summed E-state index contributed by atoms with van der Waals surface area (Å²) in [5.41, 5.74) is 1.38. The molecule has 1 aromatic rings. The third-order valence-electron chi connectivity index (χ3n) is 4.93. The average Bonchev–Trinajstić information content (AvgIpc) is 3.13. The number of nitrogens with one attached hydrogen (secondary N) is 1. The van der Waals surface area contributed by atoms with Crippen LogP contribution in [0.5, 0.6) is 0 Å². The Hall–Kier alpha value is -0.870. The molecular weight excluding hydrogens is 248 g/mol. The summed E-state index contributed by atoms with van der Waals surface area (Å²) in [6.07, 6.45) is 8.60. The summed E-state index contributed by atoms with van der Waals surface area (Å²) in [5, 5.41) is 8.11. The maximum absolute atomic E-state index is 4.43. The Morgan fingerprint density at radius 1 is 1.30 bits per heavy atom. The molecule has 4 nitrogen and oxygen atoms in total. The number of hydrogen-bond acceptors (Lipinski definition) is 3. The van der Waals surface area contributed by atoms with E-state index in [0.717, 1.165) is 31.5 Å². The van der Waals surface area contributed by atoms with Gasteiger partial charge in [0.05, 0.1) is 5.69 Å². The maximum atomic E-state index is 4.43.